The lowest BCUT2D eigenvalue weighted by molar-refractivity contribution is 0.439. The SMILES string of the molecule is CCCCCCCCCCCCc1ccccc1.O=S(=O)(O)C(c1cccc2ccccc12)(c1cccc2ccccc12)S(=O)(=O)O. The molecule has 0 amide bonds. The minimum atomic E-state index is -5.41. The molecular weight excluding hydrogens is 629 g/mol. The van der Waals surface area contributed by atoms with Gasteiger partial charge in [-0.2, -0.15) is 16.8 Å². The van der Waals surface area contributed by atoms with Crippen LogP contribution in [-0.2, 0) is 30.7 Å². The Morgan fingerprint density at radius 1 is 0.468 bits per heavy atom. The lowest BCUT2D eigenvalue weighted by Gasteiger charge is -2.30. The molecule has 5 rings (SSSR count). The van der Waals surface area contributed by atoms with Crippen LogP contribution in [0.3, 0.4) is 0 Å². The molecule has 5 aromatic rings. The van der Waals surface area contributed by atoms with Crippen molar-refractivity contribution in [3.63, 3.8) is 0 Å². The van der Waals surface area contributed by atoms with Gasteiger partial charge in [0, 0.05) is 11.1 Å². The third kappa shape index (κ3) is 8.87. The highest BCUT2D eigenvalue weighted by Crippen LogP contribution is 2.47. The minimum Gasteiger partial charge on any atom is -0.284 e. The third-order valence-electron chi connectivity index (χ3n) is 8.68. The Bertz CT molecular complexity index is 1810. The predicted octanol–water partition coefficient (Wildman–Crippen LogP) is 10.1. The molecule has 6 nitrogen and oxygen atoms in total. The molecule has 0 radical (unpaired) electrons. The Labute approximate surface area is 280 Å². The molecule has 0 aliphatic heterocycles. The van der Waals surface area contributed by atoms with Crippen molar-refractivity contribution < 1.29 is 25.9 Å². The van der Waals surface area contributed by atoms with Crippen molar-refractivity contribution in [1.29, 1.82) is 0 Å². The van der Waals surface area contributed by atoms with E-state index in [0.29, 0.717) is 10.8 Å². The van der Waals surface area contributed by atoms with Crippen molar-refractivity contribution in [2.45, 2.75) is 81.6 Å². The summed E-state index contributed by atoms with van der Waals surface area (Å²) in [6.07, 6.45) is 15.5. The second-order valence-corrected chi connectivity index (χ2v) is 15.4. The molecule has 0 aliphatic carbocycles. The summed E-state index contributed by atoms with van der Waals surface area (Å²) >= 11 is 0. The van der Waals surface area contributed by atoms with Gasteiger partial charge in [0.25, 0.3) is 24.3 Å². The van der Waals surface area contributed by atoms with Crippen LogP contribution in [0.4, 0.5) is 0 Å². The zero-order chi connectivity index (χ0) is 33.8. The highest BCUT2D eigenvalue weighted by atomic mass is 32.3. The van der Waals surface area contributed by atoms with Crippen molar-refractivity contribution in [2.24, 2.45) is 0 Å². The number of aryl methyl sites for hydroxylation is 1. The summed E-state index contributed by atoms with van der Waals surface area (Å²) in [5, 5.41) is 1.67. The zero-order valence-electron chi connectivity index (χ0n) is 27.1. The summed E-state index contributed by atoms with van der Waals surface area (Å²) < 4.78 is 68.7. The highest BCUT2D eigenvalue weighted by molar-refractivity contribution is 8.04. The normalized spacial score (nSPS) is 12.1. The van der Waals surface area contributed by atoms with Gasteiger partial charge in [-0.1, -0.05) is 180 Å². The van der Waals surface area contributed by atoms with Crippen LogP contribution >= 0.6 is 0 Å². The average Bonchev–Trinajstić information content (AvgIpc) is 3.06. The first-order chi connectivity index (χ1) is 22.6. The van der Waals surface area contributed by atoms with E-state index >= 15 is 0 Å². The van der Waals surface area contributed by atoms with Gasteiger partial charge in [-0.05, 0) is 39.9 Å². The topological polar surface area (TPSA) is 109 Å². The molecule has 2 N–H and O–H groups in total. The number of fused-ring (bicyclic) bond motifs is 2. The molecule has 0 fully saturated rings. The van der Waals surface area contributed by atoms with Crippen molar-refractivity contribution in [3.05, 3.63) is 132 Å². The van der Waals surface area contributed by atoms with Gasteiger partial charge in [-0.25, -0.2) is 0 Å². The van der Waals surface area contributed by atoms with Crippen LogP contribution in [-0.4, -0.2) is 25.9 Å². The fraction of sp³-hybridized carbons (Fsp3) is 0.333. The lowest BCUT2D eigenvalue weighted by atomic mass is 9.94. The highest BCUT2D eigenvalue weighted by Gasteiger charge is 2.59. The van der Waals surface area contributed by atoms with Gasteiger partial charge in [0.15, 0.2) is 0 Å². The molecule has 0 saturated heterocycles. The van der Waals surface area contributed by atoms with Crippen molar-refractivity contribution in [1.82, 2.24) is 0 Å². The summed E-state index contributed by atoms with van der Waals surface area (Å²) in [7, 11) is -10.8. The van der Waals surface area contributed by atoms with E-state index < -0.39 is 24.3 Å². The number of benzene rings is 5. The number of unbranched alkanes of at least 4 members (excludes halogenated alkanes) is 9. The fourth-order valence-electron chi connectivity index (χ4n) is 6.32. The van der Waals surface area contributed by atoms with Gasteiger partial charge in [-0.3, -0.25) is 9.11 Å². The molecule has 0 aliphatic rings. The van der Waals surface area contributed by atoms with Crippen LogP contribution in [0, 0.1) is 0 Å². The Morgan fingerprint density at radius 2 is 0.851 bits per heavy atom. The van der Waals surface area contributed by atoms with E-state index in [4.69, 9.17) is 0 Å². The Balaban J connectivity index is 0.000000240. The van der Waals surface area contributed by atoms with Gasteiger partial charge in [0.1, 0.15) is 0 Å². The maximum Gasteiger partial charge on any atom is 0.296 e. The maximum absolute atomic E-state index is 12.8. The molecule has 250 valence electrons. The van der Waals surface area contributed by atoms with Gasteiger partial charge in [0.05, 0.1) is 0 Å². The summed E-state index contributed by atoms with van der Waals surface area (Å²) in [5.41, 5.74) is 0.992. The smallest absolute Gasteiger partial charge is 0.284 e. The van der Waals surface area contributed by atoms with E-state index in [0.717, 1.165) is 0 Å². The molecule has 0 aromatic heterocycles. The Kier molecular flexibility index (Phi) is 13.1. The molecule has 0 atom stereocenters. The minimum absolute atomic E-state index is 0.253. The van der Waals surface area contributed by atoms with Gasteiger partial charge >= 0.3 is 0 Å². The number of hydrogen-bond donors (Lipinski definition) is 2. The van der Waals surface area contributed by atoms with Gasteiger partial charge in [0.2, 0.25) is 0 Å². The molecule has 5 aromatic carbocycles. The van der Waals surface area contributed by atoms with Crippen LogP contribution in [0.1, 0.15) is 87.8 Å². The van der Waals surface area contributed by atoms with Gasteiger partial charge in [-0.15, -0.1) is 0 Å². The Hall–Kier alpha value is -3.56. The van der Waals surface area contributed by atoms with E-state index in [-0.39, 0.29) is 21.9 Å². The van der Waals surface area contributed by atoms with Crippen LogP contribution in [0.2, 0.25) is 0 Å². The van der Waals surface area contributed by atoms with E-state index in [9.17, 15) is 25.9 Å². The third-order valence-corrected chi connectivity index (χ3v) is 12.3. The lowest BCUT2D eigenvalue weighted by Crippen LogP contribution is -2.44. The van der Waals surface area contributed by atoms with Crippen molar-refractivity contribution >= 4 is 41.8 Å². The van der Waals surface area contributed by atoms with Crippen molar-refractivity contribution in [3.8, 4) is 0 Å². The first-order valence-electron chi connectivity index (χ1n) is 16.6. The predicted molar refractivity (Wildman–Crippen MR) is 194 cm³/mol. The number of hydrogen-bond acceptors (Lipinski definition) is 4. The fourth-order valence-corrected chi connectivity index (χ4v) is 9.21. The summed E-state index contributed by atoms with van der Waals surface area (Å²) in [4.78, 5) is 0. The molecule has 0 spiro atoms. The summed E-state index contributed by atoms with van der Waals surface area (Å²) in [6, 6.07) is 32.9. The molecular formula is C39H46O6S2. The maximum atomic E-state index is 12.8. The summed E-state index contributed by atoms with van der Waals surface area (Å²) in [5.74, 6) is 0. The van der Waals surface area contributed by atoms with Crippen LogP contribution in [0.25, 0.3) is 21.5 Å². The monoisotopic (exact) mass is 674 g/mol. The first-order valence-corrected chi connectivity index (χ1v) is 19.4. The van der Waals surface area contributed by atoms with E-state index in [1.807, 2.05) is 0 Å². The average molecular weight is 675 g/mol. The Morgan fingerprint density at radius 3 is 1.30 bits per heavy atom. The van der Waals surface area contributed by atoms with Crippen LogP contribution in [0.15, 0.2) is 115 Å². The van der Waals surface area contributed by atoms with Crippen LogP contribution < -0.4 is 0 Å². The number of rotatable bonds is 15. The second kappa shape index (κ2) is 17.0. The zero-order valence-corrected chi connectivity index (χ0v) is 28.7. The van der Waals surface area contributed by atoms with Gasteiger partial charge < -0.3 is 0 Å². The first kappa shape index (κ1) is 36.3. The summed E-state index contributed by atoms with van der Waals surface area (Å²) in [6.45, 7) is 2.28. The van der Waals surface area contributed by atoms with Crippen molar-refractivity contribution in [2.75, 3.05) is 0 Å². The largest absolute Gasteiger partial charge is 0.296 e. The van der Waals surface area contributed by atoms with E-state index in [2.05, 4.69) is 37.3 Å². The molecule has 47 heavy (non-hydrogen) atoms. The molecule has 0 bridgehead atoms. The quantitative estimate of drug-likeness (QED) is 0.0845. The molecule has 8 heteroatoms. The second-order valence-electron chi connectivity index (χ2n) is 12.0. The van der Waals surface area contributed by atoms with E-state index in [1.165, 1.54) is 100 Å². The molecule has 0 heterocycles. The standard InChI is InChI=1S/C21H16O6S2.C18H30/c22-28(23,24)21(29(25,26)27,19-13-5-9-15-7-1-3-11-17(15)19)20-14-6-10-16-8-2-4-12-18(16)20;1-2-3-4-5-6-7-8-9-10-12-15-18-16-13-11-14-17-18/h1-14H,(H,22,23,24)(H,25,26,27);11,13-14,16-17H,2-10,12,15H2,1H3. The molecule has 0 unspecified atom stereocenters. The molecule has 0 saturated carbocycles. The van der Waals surface area contributed by atoms with E-state index in [1.54, 1.807) is 60.7 Å². The van der Waals surface area contributed by atoms with Crippen LogP contribution in [0.5, 0.6) is 0 Å².